The summed E-state index contributed by atoms with van der Waals surface area (Å²) in [7, 11) is 0. The summed E-state index contributed by atoms with van der Waals surface area (Å²) in [6, 6.07) is 9.86. The van der Waals surface area contributed by atoms with E-state index in [1.807, 2.05) is 37.3 Å². The van der Waals surface area contributed by atoms with E-state index < -0.39 is 23.8 Å². The number of rotatable bonds is 15. The molecule has 0 fully saturated rings. The third kappa shape index (κ3) is 9.90. The van der Waals surface area contributed by atoms with Gasteiger partial charge >= 0.3 is 11.9 Å². The second-order valence-electron chi connectivity index (χ2n) is 7.73. The zero-order valence-corrected chi connectivity index (χ0v) is 17.9. The van der Waals surface area contributed by atoms with Crippen LogP contribution in [0.25, 0.3) is 0 Å². The number of benzene rings is 1. The summed E-state index contributed by atoms with van der Waals surface area (Å²) in [5, 5.41) is 18.4. The molecule has 1 rings (SSSR count). The molecule has 0 aliphatic heterocycles. The van der Waals surface area contributed by atoms with Crippen LogP contribution < -0.4 is 0 Å². The lowest BCUT2D eigenvalue weighted by Gasteiger charge is -2.39. The Labute approximate surface area is 174 Å². The van der Waals surface area contributed by atoms with Crippen molar-refractivity contribution in [1.29, 1.82) is 0 Å². The summed E-state index contributed by atoms with van der Waals surface area (Å²) in [6.45, 7) is 5.80. The lowest BCUT2D eigenvalue weighted by atomic mass is 9.84. The molecule has 3 atom stereocenters. The number of carbonyl (C=O) groups is 2. The molecule has 0 aromatic heterocycles. The maximum absolute atomic E-state index is 12.6. The van der Waals surface area contributed by atoms with E-state index in [1.54, 1.807) is 6.92 Å². The topological polar surface area (TPSA) is 93.1 Å². The van der Waals surface area contributed by atoms with E-state index in [4.69, 9.17) is 14.6 Å². The highest BCUT2D eigenvalue weighted by molar-refractivity contribution is 5.70. The highest BCUT2D eigenvalue weighted by Gasteiger charge is 2.40. The van der Waals surface area contributed by atoms with Crippen molar-refractivity contribution in [2.75, 3.05) is 6.61 Å². The predicted molar refractivity (Wildman–Crippen MR) is 112 cm³/mol. The number of ether oxygens (including phenoxy) is 2. The Morgan fingerprint density at radius 2 is 1.72 bits per heavy atom. The number of hydrogen-bond donors (Lipinski definition) is 2. The minimum Gasteiger partial charge on any atom is -0.481 e. The molecule has 1 aromatic carbocycles. The van der Waals surface area contributed by atoms with Crippen molar-refractivity contribution in [2.45, 2.75) is 89.9 Å². The van der Waals surface area contributed by atoms with Crippen LogP contribution in [-0.2, 0) is 25.5 Å². The van der Waals surface area contributed by atoms with Gasteiger partial charge in [-0.2, -0.15) is 0 Å². The molecule has 0 saturated heterocycles. The van der Waals surface area contributed by atoms with Gasteiger partial charge in [0.15, 0.2) is 0 Å². The number of carboxylic acids is 1. The summed E-state index contributed by atoms with van der Waals surface area (Å²) >= 11 is 0. The Kier molecular flexibility index (Phi) is 11.5. The van der Waals surface area contributed by atoms with Gasteiger partial charge in [-0.3, -0.25) is 9.59 Å². The van der Waals surface area contributed by atoms with Gasteiger partial charge in [-0.15, -0.1) is 0 Å². The van der Waals surface area contributed by atoms with Crippen molar-refractivity contribution < 1.29 is 29.3 Å². The number of carboxylic acid groups (broad SMARTS) is 1. The van der Waals surface area contributed by atoms with Crippen LogP contribution >= 0.6 is 0 Å². The number of aliphatic carboxylic acids is 1. The summed E-state index contributed by atoms with van der Waals surface area (Å²) in [5.74, 6) is -1.20. The molecule has 0 radical (unpaired) electrons. The molecule has 6 heteroatoms. The standard InChI is InChI=1S/C23H36O6/c1-4-5-15-23(19(3)28-17-18(2)24,16-20-11-7-6-8-12-20)29-22(27)14-10-9-13-21(25)26/h6-8,11-12,18-19,24H,4-5,9-10,13-17H2,1-3H3,(H,25,26). The number of unbranched alkanes of at least 4 members (excludes halogenated alkanes) is 2. The number of hydrogen-bond acceptors (Lipinski definition) is 5. The van der Waals surface area contributed by atoms with Crippen molar-refractivity contribution in [3.05, 3.63) is 35.9 Å². The molecule has 0 spiro atoms. The van der Waals surface area contributed by atoms with Crippen molar-refractivity contribution in [3.8, 4) is 0 Å². The SMILES string of the molecule is CCCCC(Cc1ccccc1)(OC(=O)CCCCC(=O)O)C(C)OCC(C)O. The van der Waals surface area contributed by atoms with Crippen LogP contribution in [0.1, 0.15) is 71.3 Å². The monoisotopic (exact) mass is 408 g/mol. The van der Waals surface area contributed by atoms with Gasteiger partial charge in [0.25, 0.3) is 0 Å². The van der Waals surface area contributed by atoms with E-state index in [1.165, 1.54) is 0 Å². The third-order valence-corrected chi connectivity index (χ3v) is 4.97. The number of carbonyl (C=O) groups excluding carboxylic acids is 1. The maximum Gasteiger partial charge on any atom is 0.306 e. The van der Waals surface area contributed by atoms with Crippen LogP contribution in [-0.4, -0.2) is 46.6 Å². The normalized spacial score (nSPS) is 15.3. The van der Waals surface area contributed by atoms with Crippen LogP contribution in [0.15, 0.2) is 30.3 Å². The van der Waals surface area contributed by atoms with Gasteiger partial charge in [-0.25, -0.2) is 0 Å². The molecule has 0 aliphatic carbocycles. The van der Waals surface area contributed by atoms with Gasteiger partial charge in [0, 0.05) is 19.3 Å². The van der Waals surface area contributed by atoms with E-state index >= 15 is 0 Å². The maximum atomic E-state index is 12.6. The molecule has 0 aliphatic rings. The molecule has 0 heterocycles. The second-order valence-corrected chi connectivity index (χ2v) is 7.73. The van der Waals surface area contributed by atoms with Gasteiger partial charge in [-0.05, 0) is 45.1 Å². The fraction of sp³-hybridized carbons (Fsp3) is 0.652. The van der Waals surface area contributed by atoms with Gasteiger partial charge in [-0.1, -0.05) is 43.7 Å². The van der Waals surface area contributed by atoms with Crippen molar-refractivity contribution in [3.63, 3.8) is 0 Å². The molecular formula is C23H36O6. The van der Waals surface area contributed by atoms with Crippen molar-refractivity contribution >= 4 is 11.9 Å². The van der Waals surface area contributed by atoms with E-state index in [2.05, 4.69) is 6.92 Å². The smallest absolute Gasteiger partial charge is 0.306 e. The molecule has 1 aromatic rings. The Morgan fingerprint density at radius 3 is 2.31 bits per heavy atom. The van der Waals surface area contributed by atoms with Crippen molar-refractivity contribution in [1.82, 2.24) is 0 Å². The average Bonchev–Trinajstić information content (AvgIpc) is 2.68. The first kappa shape index (κ1) is 25.1. The second kappa shape index (κ2) is 13.3. The molecule has 2 N–H and O–H groups in total. The summed E-state index contributed by atoms with van der Waals surface area (Å²) in [4.78, 5) is 23.3. The van der Waals surface area contributed by atoms with Crippen LogP contribution in [0, 0.1) is 0 Å². The van der Waals surface area contributed by atoms with E-state index in [0.717, 1.165) is 18.4 Å². The highest BCUT2D eigenvalue weighted by Crippen LogP contribution is 2.31. The molecule has 29 heavy (non-hydrogen) atoms. The van der Waals surface area contributed by atoms with Crippen molar-refractivity contribution in [2.24, 2.45) is 0 Å². The van der Waals surface area contributed by atoms with Gasteiger partial charge in [0.2, 0.25) is 0 Å². The zero-order chi connectivity index (χ0) is 21.7. The fourth-order valence-electron chi connectivity index (χ4n) is 3.28. The van der Waals surface area contributed by atoms with Gasteiger partial charge in [0.05, 0.1) is 18.8 Å². The van der Waals surface area contributed by atoms with E-state index in [0.29, 0.717) is 25.7 Å². The first-order valence-electron chi connectivity index (χ1n) is 10.6. The van der Waals surface area contributed by atoms with Crippen LogP contribution in [0.2, 0.25) is 0 Å². The van der Waals surface area contributed by atoms with Crippen LogP contribution in [0.3, 0.4) is 0 Å². The number of aliphatic hydroxyl groups excluding tert-OH is 1. The molecule has 6 nitrogen and oxygen atoms in total. The summed E-state index contributed by atoms with van der Waals surface area (Å²) in [6.07, 6.45) is 3.15. The molecule has 0 bridgehead atoms. The fourth-order valence-corrected chi connectivity index (χ4v) is 3.28. The molecule has 0 saturated carbocycles. The van der Waals surface area contributed by atoms with E-state index in [-0.39, 0.29) is 25.4 Å². The Hall–Kier alpha value is -1.92. The van der Waals surface area contributed by atoms with Crippen LogP contribution in [0.5, 0.6) is 0 Å². The van der Waals surface area contributed by atoms with Gasteiger partial charge in [0.1, 0.15) is 5.60 Å². The summed E-state index contributed by atoms with van der Waals surface area (Å²) < 4.78 is 11.9. The molecule has 3 unspecified atom stereocenters. The quantitative estimate of drug-likeness (QED) is 0.335. The zero-order valence-electron chi connectivity index (χ0n) is 17.9. The minimum atomic E-state index is -0.861. The Balaban J connectivity index is 2.97. The predicted octanol–water partition coefficient (Wildman–Crippen LogP) is 4.13. The highest BCUT2D eigenvalue weighted by atomic mass is 16.6. The average molecular weight is 409 g/mol. The Morgan fingerprint density at radius 1 is 1.07 bits per heavy atom. The van der Waals surface area contributed by atoms with Crippen LogP contribution in [0.4, 0.5) is 0 Å². The first-order chi connectivity index (χ1) is 13.8. The summed E-state index contributed by atoms with van der Waals surface area (Å²) in [5.41, 5.74) is 0.214. The molecular weight excluding hydrogens is 372 g/mol. The first-order valence-corrected chi connectivity index (χ1v) is 10.6. The molecule has 164 valence electrons. The Bertz CT molecular complexity index is 601. The lowest BCUT2D eigenvalue weighted by molar-refractivity contribution is -0.182. The third-order valence-electron chi connectivity index (χ3n) is 4.97. The minimum absolute atomic E-state index is 0.0478. The van der Waals surface area contributed by atoms with E-state index in [9.17, 15) is 14.7 Å². The molecule has 0 amide bonds. The van der Waals surface area contributed by atoms with Gasteiger partial charge < -0.3 is 19.7 Å². The lowest BCUT2D eigenvalue weighted by Crippen LogP contribution is -2.49. The number of esters is 1. The number of aliphatic hydroxyl groups is 1. The largest absolute Gasteiger partial charge is 0.481 e.